The number of hydrogen-bond donors (Lipinski definition) is 2. The molecule has 1 amide bonds. The van der Waals surface area contributed by atoms with E-state index in [4.69, 9.17) is 9.05 Å². The van der Waals surface area contributed by atoms with Crippen LogP contribution in [0.5, 0.6) is 0 Å². The fourth-order valence-electron chi connectivity index (χ4n) is 6.34. The van der Waals surface area contributed by atoms with Crippen LogP contribution in [0.3, 0.4) is 0 Å². The third kappa shape index (κ3) is 39.0. The Labute approximate surface area is 328 Å². The Bertz CT molecular complexity index is 922. The molecule has 0 saturated heterocycles. The van der Waals surface area contributed by atoms with Gasteiger partial charge in [0.15, 0.2) is 0 Å². The second-order valence-electron chi connectivity index (χ2n) is 16.4. The van der Waals surface area contributed by atoms with Crippen molar-refractivity contribution in [1.29, 1.82) is 0 Å². The highest BCUT2D eigenvalue weighted by atomic mass is 31.2. The van der Waals surface area contributed by atoms with E-state index in [1.54, 1.807) is 6.08 Å². The lowest BCUT2D eigenvalue weighted by Crippen LogP contribution is -2.45. The molecule has 0 aliphatic rings. The zero-order valence-electron chi connectivity index (χ0n) is 35.5. The molecule has 0 spiro atoms. The van der Waals surface area contributed by atoms with Gasteiger partial charge in [0.1, 0.15) is 13.2 Å². The first kappa shape index (κ1) is 52.0. The molecule has 9 heteroatoms. The normalized spacial score (nSPS) is 14.6. The predicted octanol–water partition coefficient (Wildman–Crippen LogP) is 11.5. The number of quaternary nitrogens is 1. The van der Waals surface area contributed by atoms with Gasteiger partial charge in [-0.25, -0.2) is 0 Å². The summed E-state index contributed by atoms with van der Waals surface area (Å²) >= 11 is 0. The van der Waals surface area contributed by atoms with E-state index in [-0.39, 0.29) is 19.1 Å². The number of aliphatic hydroxyl groups excluding tert-OH is 1. The molecule has 0 rings (SSSR count). The summed E-state index contributed by atoms with van der Waals surface area (Å²) in [5, 5.41) is 13.7. The van der Waals surface area contributed by atoms with E-state index in [9.17, 15) is 19.4 Å². The summed E-state index contributed by atoms with van der Waals surface area (Å²) in [6.45, 7) is 4.61. The summed E-state index contributed by atoms with van der Waals surface area (Å²) in [6.07, 6.45) is 42.3. The van der Waals surface area contributed by atoms with Crippen LogP contribution in [0.25, 0.3) is 0 Å². The fourth-order valence-corrected chi connectivity index (χ4v) is 7.07. The van der Waals surface area contributed by atoms with Crippen molar-refractivity contribution < 1.29 is 32.9 Å². The summed E-state index contributed by atoms with van der Waals surface area (Å²) in [5.41, 5.74) is 0. The minimum Gasteiger partial charge on any atom is -0.756 e. The number of unbranched alkanes of at least 4 members (excludes halogenated alkanes) is 25. The molecule has 8 nitrogen and oxygen atoms in total. The van der Waals surface area contributed by atoms with Crippen LogP contribution in [0.2, 0.25) is 0 Å². The molecule has 0 aromatic heterocycles. The number of nitrogens with zero attached hydrogens (tertiary/aromatic N) is 1. The van der Waals surface area contributed by atoms with E-state index in [1.807, 2.05) is 27.2 Å². The number of likely N-dealkylation sites (N-methyl/N-ethyl adjacent to an activating group) is 1. The monoisotopic (exact) mass is 771 g/mol. The number of nitrogens with one attached hydrogen (secondary N) is 1. The lowest BCUT2D eigenvalue weighted by atomic mass is 10.0. The van der Waals surface area contributed by atoms with Gasteiger partial charge in [-0.2, -0.15) is 0 Å². The largest absolute Gasteiger partial charge is 0.756 e. The SMILES string of the molecule is CCCCCCCCCCCCCCCCC/C=C/CC/C=C/C(O)C(COP(=O)([O-])OCC[N+](C)(C)C)NC(=O)CCCCCCCCCCCC. The molecule has 0 radical (unpaired) electrons. The lowest BCUT2D eigenvalue weighted by Gasteiger charge is -2.29. The van der Waals surface area contributed by atoms with Crippen LogP contribution in [-0.2, 0) is 18.4 Å². The van der Waals surface area contributed by atoms with Crippen molar-refractivity contribution in [3.8, 4) is 0 Å². The van der Waals surface area contributed by atoms with Gasteiger partial charge in [-0.15, -0.1) is 0 Å². The molecule has 3 unspecified atom stereocenters. The highest BCUT2D eigenvalue weighted by Crippen LogP contribution is 2.38. The number of carbonyl (C=O) groups is 1. The number of rotatable bonds is 40. The maximum Gasteiger partial charge on any atom is 0.268 e. The molecule has 0 aliphatic heterocycles. The first-order valence-corrected chi connectivity index (χ1v) is 23.7. The number of allylic oxidation sites excluding steroid dienone is 3. The van der Waals surface area contributed by atoms with Crippen LogP contribution in [0.1, 0.15) is 200 Å². The zero-order chi connectivity index (χ0) is 39.3. The van der Waals surface area contributed by atoms with Crippen molar-refractivity contribution in [2.45, 2.75) is 212 Å². The van der Waals surface area contributed by atoms with Gasteiger partial charge in [0, 0.05) is 6.42 Å². The topological polar surface area (TPSA) is 108 Å². The van der Waals surface area contributed by atoms with Crippen molar-refractivity contribution in [3.05, 3.63) is 24.3 Å². The molecule has 314 valence electrons. The Morgan fingerprint density at radius 2 is 1.06 bits per heavy atom. The van der Waals surface area contributed by atoms with Crippen LogP contribution in [0.15, 0.2) is 24.3 Å². The number of phosphoric acid groups is 1. The number of phosphoric ester groups is 1. The van der Waals surface area contributed by atoms with Crippen LogP contribution >= 0.6 is 7.82 Å². The maximum absolute atomic E-state index is 12.8. The molecular weight excluding hydrogens is 683 g/mol. The quantitative estimate of drug-likeness (QED) is 0.0278. The standard InChI is InChI=1S/C44H87N2O6P/c1-6-8-10-12-14-16-18-19-20-21-22-23-24-25-26-27-28-29-31-33-35-37-43(47)42(41-52-53(49,50)51-40-39-46(3,4)5)45-44(48)38-36-34-32-30-17-15-13-11-9-7-2/h28-29,35,37,42-43,47H,6-27,30-34,36,38-41H2,1-5H3,(H-,45,48,49,50)/b29-28+,37-35+. The summed E-state index contributed by atoms with van der Waals surface area (Å²) < 4.78 is 23.1. The summed E-state index contributed by atoms with van der Waals surface area (Å²) in [5.74, 6) is -0.209. The average Bonchev–Trinajstić information content (AvgIpc) is 3.10. The predicted molar refractivity (Wildman–Crippen MR) is 224 cm³/mol. The van der Waals surface area contributed by atoms with E-state index in [0.29, 0.717) is 17.4 Å². The van der Waals surface area contributed by atoms with E-state index in [1.165, 1.54) is 141 Å². The smallest absolute Gasteiger partial charge is 0.268 e. The van der Waals surface area contributed by atoms with E-state index >= 15 is 0 Å². The van der Waals surface area contributed by atoms with E-state index in [0.717, 1.165) is 38.5 Å². The van der Waals surface area contributed by atoms with Crippen molar-refractivity contribution >= 4 is 13.7 Å². The van der Waals surface area contributed by atoms with Crippen LogP contribution < -0.4 is 10.2 Å². The third-order valence-electron chi connectivity index (χ3n) is 9.91. The van der Waals surface area contributed by atoms with Crippen molar-refractivity contribution in [2.75, 3.05) is 40.9 Å². The van der Waals surface area contributed by atoms with Crippen LogP contribution in [0.4, 0.5) is 0 Å². The highest BCUT2D eigenvalue weighted by molar-refractivity contribution is 7.45. The van der Waals surface area contributed by atoms with Crippen LogP contribution in [0, 0.1) is 0 Å². The summed E-state index contributed by atoms with van der Waals surface area (Å²) in [7, 11) is 1.25. The molecule has 53 heavy (non-hydrogen) atoms. The molecule has 0 heterocycles. The number of carbonyl (C=O) groups excluding carboxylic acids is 1. The molecule has 0 saturated carbocycles. The Kier molecular flexibility index (Phi) is 35.9. The molecule has 0 aromatic rings. The number of hydrogen-bond acceptors (Lipinski definition) is 6. The Morgan fingerprint density at radius 1 is 0.642 bits per heavy atom. The van der Waals surface area contributed by atoms with Gasteiger partial charge in [-0.1, -0.05) is 186 Å². The van der Waals surface area contributed by atoms with Gasteiger partial charge in [0.05, 0.1) is 39.9 Å². The molecule has 0 aliphatic carbocycles. The molecule has 2 N–H and O–H groups in total. The van der Waals surface area contributed by atoms with Crippen molar-refractivity contribution in [2.24, 2.45) is 0 Å². The molecule has 0 fully saturated rings. The van der Waals surface area contributed by atoms with Crippen LogP contribution in [-0.4, -0.2) is 68.5 Å². The molecule has 0 bridgehead atoms. The fraction of sp³-hybridized carbons (Fsp3) is 0.886. The van der Waals surface area contributed by atoms with E-state index < -0.39 is 20.0 Å². The van der Waals surface area contributed by atoms with Gasteiger partial charge in [-0.05, 0) is 32.1 Å². The second-order valence-corrected chi connectivity index (χ2v) is 17.8. The number of amides is 1. The Balaban J connectivity index is 4.38. The minimum absolute atomic E-state index is 0.00451. The maximum atomic E-state index is 12.8. The van der Waals surface area contributed by atoms with Gasteiger partial charge in [0.2, 0.25) is 5.91 Å². The minimum atomic E-state index is -4.59. The second kappa shape index (κ2) is 36.6. The molecule has 3 atom stereocenters. The summed E-state index contributed by atoms with van der Waals surface area (Å²) in [6, 6.07) is -0.896. The van der Waals surface area contributed by atoms with Gasteiger partial charge in [0.25, 0.3) is 7.82 Å². The van der Waals surface area contributed by atoms with Gasteiger partial charge >= 0.3 is 0 Å². The first-order valence-electron chi connectivity index (χ1n) is 22.2. The van der Waals surface area contributed by atoms with Gasteiger partial charge < -0.3 is 28.8 Å². The summed E-state index contributed by atoms with van der Waals surface area (Å²) in [4.78, 5) is 25.2. The van der Waals surface area contributed by atoms with Gasteiger partial charge in [-0.3, -0.25) is 9.36 Å². The highest BCUT2D eigenvalue weighted by Gasteiger charge is 2.23. The third-order valence-corrected chi connectivity index (χ3v) is 10.9. The lowest BCUT2D eigenvalue weighted by molar-refractivity contribution is -0.870. The molecule has 0 aromatic carbocycles. The zero-order valence-corrected chi connectivity index (χ0v) is 36.4. The first-order chi connectivity index (χ1) is 25.5. The van der Waals surface area contributed by atoms with Crippen molar-refractivity contribution in [1.82, 2.24) is 5.32 Å². The molecular formula is C44H87N2O6P. The average molecular weight is 771 g/mol. The Hall–Kier alpha value is -1.02. The van der Waals surface area contributed by atoms with Crippen molar-refractivity contribution in [3.63, 3.8) is 0 Å². The number of aliphatic hydroxyl groups is 1. The van der Waals surface area contributed by atoms with E-state index in [2.05, 4.69) is 31.3 Å². The Morgan fingerprint density at radius 3 is 1.53 bits per heavy atom.